The van der Waals surface area contributed by atoms with E-state index in [1.54, 1.807) is 36.8 Å². The second kappa shape index (κ2) is 23.1. The highest BCUT2D eigenvalue weighted by Crippen LogP contribution is 2.40. The van der Waals surface area contributed by atoms with Gasteiger partial charge in [0, 0.05) is 55.8 Å². The number of nitrogens with one attached hydrogen (secondary N) is 2. The third kappa shape index (κ3) is 13.8. The SMILES string of the molecule is CC(C)(C)c1csc(NC(=O)c2cccs2)n1.COc1ccc(-c2csc(NC(=O)c3cccs3)n2)cc1.Nc1nc(-c2cc3c(cc2Cl)OCCO3)cs1.Nc1nc(-c2ccc(O)cc2O)cs1. The number of aromatic hydroxyl groups is 2. The Balaban J connectivity index is 0.000000137. The molecule has 69 heavy (non-hydrogen) atoms. The highest BCUT2D eigenvalue weighted by atomic mass is 35.5. The number of rotatable bonds is 8. The number of methoxy groups -OCH3 is 1. The van der Waals surface area contributed by atoms with Gasteiger partial charge < -0.3 is 35.9 Å². The average molecular weight is 1060 g/mol. The van der Waals surface area contributed by atoms with Crippen LogP contribution in [-0.4, -0.2) is 62.3 Å². The molecule has 0 aliphatic carbocycles. The number of carbonyl (C=O) groups excluding carboxylic acids is 2. The average Bonchev–Trinajstić information content (AvgIpc) is 4.19. The number of amides is 2. The standard InChI is InChI=1S/C15H12N2O2S2.C12H14N2OS2.C11H9ClN2O2S.C9H8N2O2S/c1-19-11-6-4-10(5-7-11)12-9-21-15(16-12)17-14(18)13-3-2-8-20-13;1-12(2,3)9-7-17-11(13-9)14-10(15)8-5-4-6-16-8;12-7-4-10-9(15-1-2-16-10)3-6(7)8-5-17-11(13)14-8;10-9-11-7(4-14-9)6-2-1-5(12)3-8(6)13/h2-9H,1H3,(H,16,17,18);4-7H,1-3H3,(H,13,14,15);3-5H,1-2H2,(H2,13,14);1-4,12-13H,(H2,10,11). The van der Waals surface area contributed by atoms with Gasteiger partial charge in [-0.15, -0.1) is 68.0 Å². The van der Waals surface area contributed by atoms with Crippen molar-refractivity contribution in [2.45, 2.75) is 26.2 Å². The van der Waals surface area contributed by atoms with Gasteiger partial charge in [-0.3, -0.25) is 20.2 Å². The van der Waals surface area contributed by atoms with Crippen molar-refractivity contribution in [3.63, 3.8) is 0 Å². The number of nitrogens with zero attached hydrogens (tertiary/aromatic N) is 4. The van der Waals surface area contributed by atoms with Crippen LogP contribution in [0.5, 0.6) is 28.7 Å². The van der Waals surface area contributed by atoms with E-state index in [0.717, 1.165) is 34.0 Å². The van der Waals surface area contributed by atoms with Gasteiger partial charge in [0.05, 0.1) is 44.7 Å². The predicted molar refractivity (Wildman–Crippen MR) is 283 cm³/mol. The van der Waals surface area contributed by atoms with Gasteiger partial charge >= 0.3 is 0 Å². The number of fused-ring (bicyclic) bond motifs is 1. The van der Waals surface area contributed by atoms with E-state index in [-0.39, 0.29) is 28.7 Å². The monoisotopic (exact) mass is 1060 g/mol. The van der Waals surface area contributed by atoms with Crippen molar-refractivity contribution in [3.05, 3.63) is 132 Å². The van der Waals surface area contributed by atoms with Crippen molar-refractivity contribution < 1.29 is 34.0 Å². The molecule has 356 valence electrons. The number of hydrogen-bond acceptors (Lipinski definition) is 19. The number of carbonyl (C=O) groups is 2. The van der Waals surface area contributed by atoms with Crippen molar-refractivity contribution in [1.29, 1.82) is 0 Å². The normalized spacial score (nSPS) is 11.4. The van der Waals surface area contributed by atoms with Gasteiger partial charge in [-0.05, 0) is 65.4 Å². The molecule has 6 aromatic heterocycles. The molecule has 0 unspecified atom stereocenters. The number of nitrogen functional groups attached to an aromatic ring is 2. The van der Waals surface area contributed by atoms with Crippen LogP contribution >= 0.6 is 79.6 Å². The molecular formula is C47H43ClN8O7S6. The Kier molecular flexibility index (Phi) is 16.9. The van der Waals surface area contributed by atoms with E-state index >= 15 is 0 Å². The summed E-state index contributed by atoms with van der Waals surface area (Å²) in [6, 6.07) is 22.9. The quantitative estimate of drug-likeness (QED) is 0.0833. The van der Waals surface area contributed by atoms with Crippen LogP contribution in [0.2, 0.25) is 5.02 Å². The number of benzene rings is 3. The van der Waals surface area contributed by atoms with Crippen LogP contribution in [-0.2, 0) is 5.41 Å². The lowest BCUT2D eigenvalue weighted by Crippen LogP contribution is -2.15. The fraction of sp³-hybridized carbons (Fsp3) is 0.149. The Morgan fingerprint density at radius 1 is 0.667 bits per heavy atom. The summed E-state index contributed by atoms with van der Waals surface area (Å²) in [7, 11) is 1.63. The minimum absolute atomic E-state index is 0.00435. The number of ether oxygens (including phenoxy) is 3. The van der Waals surface area contributed by atoms with Crippen molar-refractivity contribution in [1.82, 2.24) is 19.9 Å². The van der Waals surface area contributed by atoms with Crippen LogP contribution < -0.4 is 36.3 Å². The molecule has 0 saturated carbocycles. The van der Waals surface area contributed by atoms with E-state index in [9.17, 15) is 14.7 Å². The third-order valence-electron chi connectivity index (χ3n) is 9.30. The first kappa shape index (κ1) is 50.3. The highest BCUT2D eigenvalue weighted by Gasteiger charge is 2.20. The Morgan fingerprint density at radius 3 is 1.72 bits per heavy atom. The smallest absolute Gasteiger partial charge is 0.267 e. The summed E-state index contributed by atoms with van der Waals surface area (Å²) in [4.78, 5) is 42.2. The van der Waals surface area contributed by atoms with Crippen LogP contribution in [0.15, 0.2) is 111 Å². The maximum Gasteiger partial charge on any atom is 0.267 e. The fourth-order valence-electron chi connectivity index (χ4n) is 5.85. The number of thiazole rings is 4. The molecule has 0 spiro atoms. The number of aromatic nitrogens is 4. The first-order valence-corrected chi connectivity index (χ1v) is 26.1. The number of nitrogens with two attached hydrogens (primary N) is 2. The molecular weight excluding hydrogens is 1020 g/mol. The van der Waals surface area contributed by atoms with Gasteiger partial charge in [0.1, 0.15) is 30.5 Å². The molecule has 15 nitrogen and oxygen atoms in total. The molecule has 0 fully saturated rings. The topological polar surface area (TPSA) is 230 Å². The molecule has 0 radical (unpaired) electrons. The summed E-state index contributed by atoms with van der Waals surface area (Å²) in [5.74, 6) is 1.98. The zero-order valence-electron chi connectivity index (χ0n) is 37.1. The lowest BCUT2D eigenvalue weighted by Gasteiger charge is -2.19. The van der Waals surface area contributed by atoms with E-state index in [1.807, 2.05) is 69.4 Å². The van der Waals surface area contributed by atoms with Crippen molar-refractivity contribution >= 4 is 112 Å². The van der Waals surface area contributed by atoms with Crippen LogP contribution in [0, 0.1) is 0 Å². The van der Waals surface area contributed by atoms with E-state index in [2.05, 4.69) is 51.3 Å². The Bertz CT molecular complexity index is 3110. The Labute approximate surface area is 425 Å². The number of thiophene rings is 2. The molecule has 3 aromatic carbocycles. The maximum atomic E-state index is 12.0. The highest BCUT2D eigenvalue weighted by molar-refractivity contribution is 7.15. The minimum atomic E-state index is -0.124. The molecule has 0 bridgehead atoms. The van der Waals surface area contributed by atoms with Crippen LogP contribution in [0.3, 0.4) is 0 Å². The lowest BCUT2D eigenvalue weighted by molar-refractivity contribution is 0.102. The van der Waals surface area contributed by atoms with E-state index in [1.165, 1.54) is 80.2 Å². The number of halogens is 1. The van der Waals surface area contributed by atoms with Crippen LogP contribution in [0.4, 0.5) is 20.5 Å². The molecule has 9 aromatic rings. The lowest BCUT2D eigenvalue weighted by atomic mass is 9.93. The molecule has 1 aliphatic heterocycles. The minimum Gasteiger partial charge on any atom is -0.508 e. The summed E-state index contributed by atoms with van der Waals surface area (Å²) in [5, 5.41) is 38.3. The molecule has 22 heteroatoms. The maximum absolute atomic E-state index is 12.0. The summed E-state index contributed by atoms with van der Waals surface area (Å²) in [6.07, 6.45) is 0. The number of anilines is 4. The Morgan fingerprint density at radius 2 is 1.22 bits per heavy atom. The zero-order chi connectivity index (χ0) is 49.1. The molecule has 8 N–H and O–H groups in total. The Hall–Kier alpha value is -6.59. The van der Waals surface area contributed by atoms with Gasteiger partial charge in [-0.1, -0.05) is 44.5 Å². The summed E-state index contributed by atoms with van der Waals surface area (Å²) >= 11 is 14.6. The van der Waals surface area contributed by atoms with E-state index < -0.39 is 0 Å². The second-order valence-corrected chi connectivity index (χ2v) is 21.0. The van der Waals surface area contributed by atoms with Gasteiger partial charge in [0.25, 0.3) is 11.8 Å². The summed E-state index contributed by atoms with van der Waals surface area (Å²) in [5.41, 5.74) is 16.7. The van der Waals surface area contributed by atoms with Crippen LogP contribution in [0.1, 0.15) is 45.8 Å². The molecule has 0 saturated heterocycles. The molecule has 2 amide bonds. The molecule has 0 atom stereocenters. The van der Waals surface area contributed by atoms with Gasteiger partial charge in [0.15, 0.2) is 32.0 Å². The molecule has 1 aliphatic rings. The van der Waals surface area contributed by atoms with E-state index in [0.29, 0.717) is 71.3 Å². The summed E-state index contributed by atoms with van der Waals surface area (Å²) in [6.45, 7) is 7.41. The number of phenolic OH excluding ortho intramolecular Hbond substituents is 2. The fourth-order valence-corrected chi connectivity index (χ4v) is 10.1. The number of hydrogen-bond donors (Lipinski definition) is 6. The van der Waals surface area contributed by atoms with Gasteiger partial charge in [0.2, 0.25) is 0 Å². The molecule has 7 heterocycles. The second-order valence-electron chi connectivity index (χ2n) is 15.2. The first-order valence-electron chi connectivity index (χ1n) is 20.4. The van der Waals surface area contributed by atoms with Gasteiger partial charge in [-0.2, -0.15) is 0 Å². The third-order valence-corrected chi connectivity index (χ3v) is 14.2. The zero-order valence-corrected chi connectivity index (χ0v) is 42.7. The van der Waals surface area contributed by atoms with E-state index in [4.69, 9.17) is 42.4 Å². The van der Waals surface area contributed by atoms with Crippen LogP contribution in [0.25, 0.3) is 33.8 Å². The van der Waals surface area contributed by atoms with Crippen molar-refractivity contribution in [2.24, 2.45) is 0 Å². The number of phenols is 2. The first-order chi connectivity index (χ1) is 33.1. The van der Waals surface area contributed by atoms with Crippen molar-refractivity contribution in [2.75, 3.05) is 42.4 Å². The summed E-state index contributed by atoms with van der Waals surface area (Å²) < 4.78 is 16.1. The van der Waals surface area contributed by atoms with Gasteiger partial charge in [-0.25, -0.2) is 19.9 Å². The molecule has 10 rings (SSSR count). The van der Waals surface area contributed by atoms with Crippen molar-refractivity contribution in [3.8, 4) is 62.5 Å². The largest absolute Gasteiger partial charge is 0.508 e. The predicted octanol–water partition coefficient (Wildman–Crippen LogP) is 12.5.